The maximum atomic E-state index is 12.6. The third-order valence-corrected chi connectivity index (χ3v) is 3.37. The summed E-state index contributed by atoms with van der Waals surface area (Å²) in [5.41, 5.74) is 0.0750. The number of hydrogen-bond acceptors (Lipinski definition) is 5. The Balaban J connectivity index is 2.35. The lowest BCUT2D eigenvalue weighted by atomic mass is 10.1. The summed E-state index contributed by atoms with van der Waals surface area (Å²) in [5.74, 6) is -0.170. The molecular weight excluding hydrogens is 274 g/mol. The highest BCUT2D eigenvalue weighted by molar-refractivity contribution is 5.98. The number of piperazine rings is 1. The van der Waals surface area contributed by atoms with E-state index in [0.717, 1.165) is 0 Å². The summed E-state index contributed by atoms with van der Waals surface area (Å²) in [6.07, 6.45) is 0. The van der Waals surface area contributed by atoms with Crippen molar-refractivity contribution in [2.45, 2.75) is 19.9 Å². The predicted molar refractivity (Wildman–Crippen MR) is 77.6 cm³/mol. The molecule has 0 saturated carbocycles. The summed E-state index contributed by atoms with van der Waals surface area (Å²) >= 11 is 0. The highest BCUT2D eigenvalue weighted by Crippen LogP contribution is 2.32. The fraction of sp³-hybridized carbons (Fsp3) is 0.500. The van der Waals surface area contributed by atoms with Crippen LogP contribution in [0.25, 0.3) is 0 Å². The summed E-state index contributed by atoms with van der Waals surface area (Å²) in [6.45, 7) is 5.87. The number of rotatable bonds is 4. The van der Waals surface area contributed by atoms with E-state index in [2.05, 4.69) is 5.32 Å². The van der Waals surface area contributed by atoms with Crippen molar-refractivity contribution in [3.63, 3.8) is 0 Å². The van der Waals surface area contributed by atoms with E-state index < -0.39 is 4.92 Å². The van der Waals surface area contributed by atoms with Crippen molar-refractivity contribution in [2.75, 3.05) is 26.2 Å². The number of amides is 1. The summed E-state index contributed by atoms with van der Waals surface area (Å²) in [5, 5.41) is 14.3. The van der Waals surface area contributed by atoms with Gasteiger partial charge in [0, 0.05) is 31.7 Å². The molecule has 0 aliphatic carbocycles. The number of ether oxygens (including phenoxy) is 1. The van der Waals surface area contributed by atoms with Gasteiger partial charge in [-0.2, -0.15) is 0 Å². The Morgan fingerprint density at radius 1 is 1.57 bits per heavy atom. The Morgan fingerprint density at radius 3 is 2.95 bits per heavy atom. The standard InChI is InChI=1S/C14H19N3O4/c1-3-21-13-11(5-4-6-12(13)17(19)20)14(18)16-8-7-15-10(2)9-16/h4-6,10,15H,3,7-9H2,1-2H3/t10-/m1/s1. The molecule has 1 aromatic carbocycles. The molecule has 114 valence electrons. The van der Waals surface area contributed by atoms with Crippen LogP contribution in [0.4, 0.5) is 5.69 Å². The molecule has 0 radical (unpaired) electrons. The number of para-hydroxylation sites is 1. The second kappa shape index (κ2) is 6.53. The third-order valence-electron chi connectivity index (χ3n) is 3.37. The molecule has 1 saturated heterocycles. The summed E-state index contributed by atoms with van der Waals surface area (Å²) in [7, 11) is 0. The first-order chi connectivity index (χ1) is 10.0. The molecule has 1 atom stereocenters. The molecule has 7 nitrogen and oxygen atoms in total. The molecule has 21 heavy (non-hydrogen) atoms. The van der Waals surface area contributed by atoms with Gasteiger partial charge in [-0.25, -0.2) is 0 Å². The van der Waals surface area contributed by atoms with Gasteiger partial charge in [0.2, 0.25) is 5.75 Å². The number of benzene rings is 1. The van der Waals surface area contributed by atoms with Crippen molar-refractivity contribution < 1.29 is 14.5 Å². The molecule has 1 aliphatic rings. The van der Waals surface area contributed by atoms with Gasteiger partial charge in [0.25, 0.3) is 5.91 Å². The first-order valence-corrected chi connectivity index (χ1v) is 6.97. The number of nitrogens with one attached hydrogen (secondary N) is 1. The maximum absolute atomic E-state index is 12.6. The summed E-state index contributed by atoms with van der Waals surface area (Å²) < 4.78 is 5.36. The first kappa shape index (κ1) is 15.2. The topological polar surface area (TPSA) is 84.7 Å². The highest BCUT2D eigenvalue weighted by Gasteiger charge is 2.28. The van der Waals surface area contributed by atoms with Gasteiger partial charge in [-0.1, -0.05) is 6.07 Å². The smallest absolute Gasteiger partial charge is 0.311 e. The minimum absolute atomic E-state index is 0.0567. The van der Waals surface area contributed by atoms with Gasteiger partial charge in [0.1, 0.15) is 0 Å². The number of nitro groups is 1. The average molecular weight is 293 g/mol. The van der Waals surface area contributed by atoms with Crippen LogP contribution in [0.2, 0.25) is 0 Å². The van der Waals surface area contributed by atoms with Crippen LogP contribution in [0.5, 0.6) is 5.75 Å². The molecule has 0 unspecified atom stereocenters. The van der Waals surface area contributed by atoms with Crippen LogP contribution in [-0.4, -0.2) is 48.0 Å². The van der Waals surface area contributed by atoms with Crippen LogP contribution in [0.3, 0.4) is 0 Å². The number of hydrogen-bond donors (Lipinski definition) is 1. The molecule has 0 aromatic heterocycles. The van der Waals surface area contributed by atoms with Crippen LogP contribution in [0.1, 0.15) is 24.2 Å². The van der Waals surface area contributed by atoms with Crippen LogP contribution in [-0.2, 0) is 0 Å². The Labute approximate surface area is 123 Å². The van der Waals surface area contributed by atoms with Crippen molar-refractivity contribution >= 4 is 11.6 Å². The van der Waals surface area contributed by atoms with Crippen molar-refractivity contribution in [3.05, 3.63) is 33.9 Å². The van der Waals surface area contributed by atoms with Gasteiger partial charge in [-0.05, 0) is 19.9 Å². The van der Waals surface area contributed by atoms with Crippen LogP contribution < -0.4 is 10.1 Å². The molecule has 1 aliphatic heterocycles. The van der Waals surface area contributed by atoms with Crippen molar-refractivity contribution in [3.8, 4) is 5.75 Å². The maximum Gasteiger partial charge on any atom is 0.311 e. The van der Waals surface area contributed by atoms with Crippen molar-refractivity contribution in [2.24, 2.45) is 0 Å². The summed E-state index contributed by atoms with van der Waals surface area (Å²) in [6, 6.07) is 4.64. The van der Waals surface area contributed by atoms with E-state index in [-0.39, 0.29) is 35.6 Å². The molecule has 1 N–H and O–H groups in total. The summed E-state index contributed by atoms with van der Waals surface area (Å²) in [4.78, 5) is 24.9. The lowest BCUT2D eigenvalue weighted by Crippen LogP contribution is -2.51. The van der Waals surface area contributed by atoms with Gasteiger partial charge in [0.15, 0.2) is 0 Å². The quantitative estimate of drug-likeness (QED) is 0.670. The fourth-order valence-electron chi connectivity index (χ4n) is 2.42. The molecule has 7 heteroatoms. The normalized spacial score (nSPS) is 18.4. The van der Waals surface area contributed by atoms with E-state index >= 15 is 0 Å². The molecule has 2 rings (SSSR count). The van der Waals surface area contributed by atoms with Gasteiger partial charge in [-0.15, -0.1) is 0 Å². The SMILES string of the molecule is CCOc1c(C(=O)N2CCN[C@H](C)C2)cccc1[N+](=O)[O-]. The zero-order valence-corrected chi connectivity index (χ0v) is 12.2. The number of carbonyl (C=O) groups excluding carboxylic acids is 1. The monoisotopic (exact) mass is 293 g/mol. The van der Waals surface area contributed by atoms with E-state index in [1.54, 1.807) is 17.9 Å². The van der Waals surface area contributed by atoms with Crippen LogP contribution in [0.15, 0.2) is 18.2 Å². The average Bonchev–Trinajstić information content (AvgIpc) is 2.47. The molecule has 1 heterocycles. The minimum atomic E-state index is -0.526. The second-order valence-corrected chi connectivity index (χ2v) is 4.95. The van der Waals surface area contributed by atoms with E-state index in [1.807, 2.05) is 6.92 Å². The second-order valence-electron chi connectivity index (χ2n) is 4.95. The fourth-order valence-corrected chi connectivity index (χ4v) is 2.42. The zero-order valence-electron chi connectivity index (χ0n) is 12.2. The largest absolute Gasteiger partial charge is 0.487 e. The van der Waals surface area contributed by atoms with E-state index in [9.17, 15) is 14.9 Å². The lowest BCUT2D eigenvalue weighted by molar-refractivity contribution is -0.385. The molecule has 1 amide bonds. The first-order valence-electron chi connectivity index (χ1n) is 6.97. The minimum Gasteiger partial charge on any atom is -0.487 e. The van der Waals surface area contributed by atoms with Crippen molar-refractivity contribution in [1.82, 2.24) is 10.2 Å². The molecular formula is C14H19N3O4. The van der Waals surface area contributed by atoms with Gasteiger partial charge in [-0.3, -0.25) is 14.9 Å². The molecule has 0 spiro atoms. The molecule has 1 aromatic rings. The number of nitro benzene ring substituents is 1. The van der Waals surface area contributed by atoms with E-state index in [0.29, 0.717) is 19.6 Å². The van der Waals surface area contributed by atoms with E-state index in [1.165, 1.54) is 12.1 Å². The van der Waals surface area contributed by atoms with Crippen molar-refractivity contribution in [1.29, 1.82) is 0 Å². The predicted octanol–water partition coefficient (Wildman–Crippen LogP) is 1.43. The third kappa shape index (κ3) is 3.30. The number of nitrogens with zero attached hydrogens (tertiary/aromatic N) is 2. The van der Waals surface area contributed by atoms with Crippen LogP contribution >= 0.6 is 0 Å². The lowest BCUT2D eigenvalue weighted by Gasteiger charge is -2.32. The highest BCUT2D eigenvalue weighted by atomic mass is 16.6. The number of carbonyl (C=O) groups is 1. The Kier molecular flexibility index (Phi) is 4.74. The van der Waals surface area contributed by atoms with Crippen LogP contribution in [0, 0.1) is 10.1 Å². The molecule has 1 fully saturated rings. The van der Waals surface area contributed by atoms with E-state index in [4.69, 9.17) is 4.74 Å². The Bertz CT molecular complexity index is 547. The van der Waals surface area contributed by atoms with Gasteiger partial charge < -0.3 is 15.0 Å². The van der Waals surface area contributed by atoms with Gasteiger partial charge in [0.05, 0.1) is 17.1 Å². The Hall–Kier alpha value is -2.15. The zero-order chi connectivity index (χ0) is 15.4. The van der Waals surface area contributed by atoms with Gasteiger partial charge >= 0.3 is 5.69 Å². The molecule has 0 bridgehead atoms. The Morgan fingerprint density at radius 2 is 2.33 bits per heavy atom.